The summed E-state index contributed by atoms with van der Waals surface area (Å²) in [4.78, 5) is 2.58. The molecule has 2 atom stereocenters. The van der Waals surface area contributed by atoms with Crippen LogP contribution in [0.2, 0.25) is 0 Å². The zero-order valence-electron chi connectivity index (χ0n) is 10.4. The number of hydrogen-bond acceptors (Lipinski definition) is 4. The fraction of sp³-hybridized carbons (Fsp3) is 1.00. The van der Waals surface area contributed by atoms with Gasteiger partial charge in [0.15, 0.2) is 0 Å². The largest absolute Gasteiger partial charge is 0.383 e. The van der Waals surface area contributed by atoms with Crippen molar-refractivity contribution in [3.8, 4) is 0 Å². The van der Waals surface area contributed by atoms with Crippen LogP contribution in [0.3, 0.4) is 0 Å². The number of methoxy groups -OCH3 is 1. The van der Waals surface area contributed by atoms with Gasteiger partial charge in [0.2, 0.25) is 0 Å². The van der Waals surface area contributed by atoms with E-state index in [1.54, 1.807) is 7.11 Å². The fourth-order valence-electron chi connectivity index (χ4n) is 2.47. The van der Waals surface area contributed by atoms with E-state index in [4.69, 9.17) is 9.47 Å². The van der Waals surface area contributed by atoms with Crippen molar-refractivity contribution in [3.05, 3.63) is 0 Å². The Balaban J connectivity index is 1.79. The van der Waals surface area contributed by atoms with Crippen LogP contribution in [0.4, 0.5) is 0 Å². The molecule has 0 amide bonds. The standard InChI is InChI=1S/C12H24N2O2/c1-13-12-9-16-8-10(12)7-14(5-6-15-2)11-3-4-11/h10-13H,3-9H2,1-2H3. The van der Waals surface area contributed by atoms with Gasteiger partial charge < -0.3 is 14.8 Å². The molecule has 1 heterocycles. The molecule has 0 bridgehead atoms. The summed E-state index contributed by atoms with van der Waals surface area (Å²) in [6.45, 7) is 4.83. The highest BCUT2D eigenvalue weighted by Crippen LogP contribution is 2.28. The van der Waals surface area contributed by atoms with Crippen molar-refractivity contribution in [3.63, 3.8) is 0 Å². The summed E-state index contributed by atoms with van der Waals surface area (Å²) in [6, 6.07) is 1.34. The average molecular weight is 228 g/mol. The van der Waals surface area contributed by atoms with E-state index in [-0.39, 0.29) is 0 Å². The van der Waals surface area contributed by atoms with Crippen molar-refractivity contribution < 1.29 is 9.47 Å². The molecule has 2 aliphatic rings. The van der Waals surface area contributed by atoms with E-state index in [2.05, 4.69) is 10.2 Å². The molecule has 0 aromatic heterocycles. The Morgan fingerprint density at radius 3 is 2.81 bits per heavy atom. The van der Waals surface area contributed by atoms with Crippen LogP contribution >= 0.6 is 0 Å². The smallest absolute Gasteiger partial charge is 0.0623 e. The first-order valence-corrected chi connectivity index (χ1v) is 6.33. The summed E-state index contributed by atoms with van der Waals surface area (Å²) in [5, 5.41) is 3.35. The van der Waals surface area contributed by atoms with Crippen molar-refractivity contribution >= 4 is 0 Å². The number of likely N-dealkylation sites (N-methyl/N-ethyl adjacent to an activating group) is 1. The first kappa shape index (κ1) is 12.3. The predicted molar refractivity (Wildman–Crippen MR) is 63.6 cm³/mol. The lowest BCUT2D eigenvalue weighted by atomic mass is 10.0. The van der Waals surface area contributed by atoms with Gasteiger partial charge in [-0.05, 0) is 19.9 Å². The number of nitrogens with one attached hydrogen (secondary N) is 1. The molecule has 0 spiro atoms. The van der Waals surface area contributed by atoms with Crippen LogP contribution in [0.5, 0.6) is 0 Å². The topological polar surface area (TPSA) is 33.7 Å². The third-order valence-electron chi connectivity index (χ3n) is 3.68. The van der Waals surface area contributed by atoms with Crippen molar-refractivity contribution in [2.24, 2.45) is 5.92 Å². The molecular formula is C12H24N2O2. The molecule has 4 heteroatoms. The fourth-order valence-corrected chi connectivity index (χ4v) is 2.47. The van der Waals surface area contributed by atoms with Gasteiger partial charge in [0, 0.05) is 38.2 Å². The predicted octanol–water partition coefficient (Wildman–Crippen LogP) is 0.332. The first-order valence-electron chi connectivity index (χ1n) is 6.33. The van der Waals surface area contributed by atoms with Crippen LogP contribution < -0.4 is 5.32 Å². The third kappa shape index (κ3) is 3.17. The van der Waals surface area contributed by atoms with Gasteiger partial charge >= 0.3 is 0 Å². The minimum atomic E-state index is 0.531. The summed E-state index contributed by atoms with van der Waals surface area (Å²) >= 11 is 0. The molecular weight excluding hydrogens is 204 g/mol. The molecule has 1 saturated carbocycles. The second-order valence-electron chi connectivity index (χ2n) is 4.91. The minimum Gasteiger partial charge on any atom is -0.383 e. The molecule has 1 aliphatic heterocycles. The van der Waals surface area contributed by atoms with Crippen molar-refractivity contribution in [2.45, 2.75) is 24.9 Å². The first-order chi connectivity index (χ1) is 7.85. The van der Waals surface area contributed by atoms with Crippen LogP contribution in [0.25, 0.3) is 0 Å². The van der Waals surface area contributed by atoms with Crippen LogP contribution in [0.1, 0.15) is 12.8 Å². The van der Waals surface area contributed by atoms with Gasteiger partial charge in [0.05, 0.1) is 19.8 Å². The van der Waals surface area contributed by atoms with Gasteiger partial charge in [-0.25, -0.2) is 0 Å². The van der Waals surface area contributed by atoms with Gasteiger partial charge in [-0.1, -0.05) is 0 Å². The van der Waals surface area contributed by atoms with Gasteiger partial charge in [0.1, 0.15) is 0 Å². The molecule has 16 heavy (non-hydrogen) atoms. The van der Waals surface area contributed by atoms with Gasteiger partial charge in [0.25, 0.3) is 0 Å². The molecule has 4 nitrogen and oxygen atoms in total. The van der Waals surface area contributed by atoms with E-state index in [0.717, 1.165) is 39.0 Å². The average Bonchev–Trinajstić information content (AvgIpc) is 3.05. The van der Waals surface area contributed by atoms with E-state index in [9.17, 15) is 0 Å². The molecule has 1 saturated heterocycles. The number of ether oxygens (including phenoxy) is 2. The van der Waals surface area contributed by atoms with Crippen molar-refractivity contribution in [1.82, 2.24) is 10.2 Å². The van der Waals surface area contributed by atoms with Crippen molar-refractivity contribution in [2.75, 3.05) is 47.1 Å². The van der Waals surface area contributed by atoms with E-state index < -0.39 is 0 Å². The highest BCUT2D eigenvalue weighted by atomic mass is 16.5. The summed E-state index contributed by atoms with van der Waals surface area (Å²) < 4.78 is 10.7. The van der Waals surface area contributed by atoms with Crippen LogP contribution in [-0.4, -0.2) is 64.1 Å². The quantitative estimate of drug-likeness (QED) is 0.681. The lowest BCUT2D eigenvalue weighted by molar-refractivity contribution is 0.122. The minimum absolute atomic E-state index is 0.531. The van der Waals surface area contributed by atoms with Crippen LogP contribution in [0.15, 0.2) is 0 Å². The number of nitrogens with zero attached hydrogens (tertiary/aromatic N) is 1. The van der Waals surface area contributed by atoms with Crippen molar-refractivity contribution in [1.29, 1.82) is 0 Å². The monoisotopic (exact) mass is 228 g/mol. The van der Waals surface area contributed by atoms with Crippen LogP contribution in [-0.2, 0) is 9.47 Å². The molecule has 94 valence electrons. The Labute approximate surface area is 98.3 Å². The second kappa shape index (κ2) is 5.96. The Kier molecular flexibility index (Phi) is 4.58. The van der Waals surface area contributed by atoms with Crippen LogP contribution in [0, 0.1) is 5.92 Å². The van der Waals surface area contributed by atoms with Gasteiger partial charge in [-0.15, -0.1) is 0 Å². The zero-order valence-corrected chi connectivity index (χ0v) is 10.4. The molecule has 1 aliphatic carbocycles. The normalized spacial score (nSPS) is 30.2. The number of hydrogen-bond donors (Lipinski definition) is 1. The highest BCUT2D eigenvalue weighted by Gasteiger charge is 2.34. The lowest BCUT2D eigenvalue weighted by Crippen LogP contribution is -2.42. The zero-order chi connectivity index (χ0) is 11.4. The van der Waals surface area contributed by atoms with E-state index in [1.165, 1.54) is 12.8 Å². The lowest BCUT2D eigenvalue weighted by Gasteiger charge is -2.27. The Hall–Kier alpha value is -0.160. The molecule has 2 rings (SSSR count). The molecule has 0 radical (unpaired) electrons. The molecule has 0 aromatic rings. The van der Waals surface area contributed by atoms with Gasteiger partial charge in [-0.2, -0.15) is 0 Å². The van der Waals surface area contributed by atoms with E-state index in [0.29, 0.717) is 12.0 Å². The second-order valence-corrected chi connectivity index (χ2v) is 4.91. The maximum absolute atomic E-state index is 5.55. The Morgan fingerprint density at radius 2 is 2.19 bits per heavy atom. The maximum Gasteiger partial charge on any atom is 0.0623 e. The summed E-state index contributed by atoms with van der Waals surface area (Å²) in [7, 11) is 3.81. The van der Waals surface area contributed by atoms with Gasteiger partial charge in [-0.3, -0.25) is 4.90 Å². The highest BCUT2D eigenvalue weighted by molar-refractivity contribution is 4.89. The summed E-state index contributed by atoms with van der Waals surface area (Å²) in [5.41, 5.74) is 0. The number of rotatable bonds is 7. The molecule has 1 N–H and O–H groups in total. The van der Waals surface area contributed by atoms with E-state index in [1.807, 2.05) is 7.05 Å². The molecule has 2 unspecified atom stereocenters. The summed E-state index contributed by atoms with van der Waals surface area (Å²) in [6.07, 6.45) is 2.73. The Bertz CT molecular complexity index is 209. The van der Waals surface area contributed by atoms with E-state index >= 15 is 0 Å². The Morgan fingerprint density at radius 1 is 1.38 bits per heavy atom. The third-order valence-corrected chi connectivity index (χ3v) is 3.68. The maximum atomic E-state index is 5.55. The molecule has 0 aromatic carbocycles. The summed E-state index contributed by atoms with van der Waals surface area (Å²) in [5.74, 6) is 0.641. The molecule has 2 fully saturated rings. The SMILES string of the molecule is CNC1COCC1CN(CCOC)C1CC1.